The number of benzene rings is 2. The Morgan fingerprint density at radius 1 is 1.24 bits per heavy atom. The van der Waals surface area contributed by atoms with Crippen LogP contribution in [0.25, 0.3) is 0 Å². The molecule has 0 saturated heterocycles. The van der Waals surface area contributed by atoms with Crippen molar-refractivity contribution < 1.29 is 14.3 Å². The van der Waals surface area contributed by atoms with Crippen LogP contribution < -0.4 is 4.74 Å². The topological polar surface area (TPSA) is 38.8 Å². The summed E-state index contributed by atoms with van der Waals surface area (Å²) in [5, 5.41) is 0. The normalized spacial score (nSPS) is 17.6. The maximum absolute atomic E-state index is 12.4. The summed E-state index contributed by atoms with van der Waals surface area (Å²) in [5.74, 6) is 1.01. The molecular weight excluding hydrogens is 314 g/mol. The number of hydrogen-bond acceptors (Lipinski definition) is 3. The molecule has 130 valence electrons. The van der Waals surface area contributed by atoms with Gasteiger partial charge in [-0.05, 0) is 48.4 Å². The Morgan fingerprint density at radius 3 is 2.80 bits per heavy atom. The lowest BCUT2D eigenvalue weighted by molar-refractivity contribution is 0.0371. The van der Waals surface area contributed by atoms with Crippen molar-refractivity contribution in [3.63, 3.8) is 0 Å². The van der Waals surface area contributed by atoms with Crippen LogP contribution in [0.4, 0.5) is 4.79 Å². The van der Waals surface area contributed by atoms with Gasteiger partial charge in [0.25, 0.3) is 0 Å². The number of rotatable bonds is 3. The molecule has 1 aliphatic heterocycles. The zero-order chi connectivity index (χ0) is 17.4. The minimum Gasteiger partial charge on any atom is -0.469 e. The highest BCUT2D eigenvalue weighted by molar-refractivity contribution is 5.68. The maximum Gasteiger partial charge on any atom is 0.412 e. The Bertz CT molecular complexity index is 801. The van der Waals surface area contributed by atoms with Crippen molar-refractivity contribution in [2.75, 3.05) is 7.05 Å². The first-order valence-electron chi connectivity index (χ1n) is 8.88. The second-order valence-corrected chi connectivity index (χ2v) is 6.92. The molecule has 4 heteroatoms. The monoisotopic (exact) mass is 337 g/mol. The van der Waals surface area contributed by atoms with Gasteiger partial charge in [-0.15, -0.1) is 0 Å². The summed E-state index contributed by atoms with van der Waals surface area (Å²) < 4.78 is 11.6. The van der Waals surface area contributed by atoms with Gasteiger partial charge < -0.3 is 9.47 Å². The summed E-state index contributed by atoms with van der Waals surface area (Å²) in [6.07, 6.45) is 3.49. The first-order chi connectivity index (χ1) is 12.1. The quantitative estimate of drug-likeness (QED) is 0.849. The van der Waals surface area contributed by atoms with Gasteiger partial charge in [-0.1, -0.05) is 36.4 Å². The Hall–Kier alpha value is -2.49. The lowest BCUT2D eigenvalue weighted by atomic mass is 9.98. The summed E-state index contributed by atoms with van der Waals surface area (Å²) in [4.78, 5) is 13.9. The standard InChI is InChI=1S/C21H23NO3/c1-14-11-16-12-19(25-20(16)18-10-6-9-17(14)18)22(2)21(23)24-13-15-7-4-3-5-8-15/h3-5,7-8,11,19H,6,9-10,12-13H2,1-2H3. The fourth-order valence-electron chi connectivity index (χ4n) is 3.86. The molecule has 4 rings (SSSR count). The van der Waals surface area contributed by atoms with Crippen molar-refractivity contribution in [2.45, 2.75) is 45.4 Å². The Labute approximate surface area is 148 Å². The van der Waals surface area contributed by atoms with Gasteiger partial charge in [0, 0.05) is 19.0 Å². The molecule has 2 aromatic rings. The number of hydrogen-bond donors (Lipinski definition) is 0. The molecule has 1 heterocycles. The molecule has 1 unspecified atom stereocenters. The minimum atomic E-state index is -0.352. The molecule has 1 atom stereocenters. The molecule has 0 N–H and O–H groups in total. The highest BCUT2D eigenvalue weighted by Gasteiger charge is 2.34. The third kappa shape index (κ3) is 2.97. The second-order valence-electron chi connectivity index (χ2n) is 6.92. The SMILES string of the molecule is Cc1cc2c(c3c1CCC3)OC(N(C)C(=O)OCc1ccccc1)C2. The summed E-state index contributed by atoms with van der Waals surface area (Å²) in [6.45, 7) is 2.45. The first-order valence-corrected chi connectivity index (χ1v) is 8.88. The van der Waals surface area contributed by atoms with E-state index in [1.54, 1.807) is 11.9 Å². The summed E-state index contributed by atoms with van der Waals surface area (Å²) in [6, 6.07) is 11.9. The molecule has 2 aliphatic rings. The minimum absolute atomic E-state index is 0.276. The van der Waals surface area contributed by atoms with Gasteiger partial charge in [0.05, 0.1) is 0 Å². The third-order valence-corrected chi connectivity index (χ3v) is 5.22. The molecule has 0 spiro atoms. The van der Waals surface area contributed by atoms with Crippen LogP contribution in [0.2, 0.25) is 0 Å². The fourth-order valence-corrected chi connectivity index (χ4v) is 3.86. The lowest BCUT2D eigenvalue weighted by Crippen LogP contribution is -2.40. The van der Waals surface area contributed by atoms with Crippen molar-refractivity contribution in [3.05, 3.63) is 64.2 Å². The lowest BCUT2D eigenvalue weighted by Gasteiger charge is -2.23. The first kappa shape index (κ1) is 16.0. The number of amides is 1. The number of carbonyl (C=O) groups excluding carboxylic acids is 1. The van der Waals surface area contributed by atoms with E-state index in [0.717, 1.165) is 30.6 Å². The van der Waals surface area contributed by atoms with Crippen LogP contribution in [0, 0.1) is 6.92 Å². The van der Waals surface area contributed by atoms with Crippen LogP contribution in [0.1, 0.15) is 34.2 Å². The van der Waals surface area contributed by atoms with E-state index in [0.29, 0.717) is 0 Å². The summed E-state index contributed by atoms with van der Waals surface area (Å²) >= 11 is 0. The Kier molecular flexibility index (Phi) is 4.12. The molecule has 0 bridgehead atoms. The van der Waals surface area contributed by atoms with Gasteiger partial charge in [0.15, 0.2) is 6.23 Å². The van der Waals surface area contributed by atoms with E-state index in [1.807, 2.05) is 30.3 Å². The van der Waals surface area contributed by atoms with Crippen molar-refractivity contribution in [3.8, 4) is 5.75 Å². The van der Waals surface area contributed by atoms with E-state index in [4.69, 9.17) is 9.47 Å². The molecular formula is C21H23NO3. The van der Waals surface area contributed by atoms with Crippen molar-refractivity contribution in [1.82, 2.24) is 4.90 Å². The number of nitrogens with zero attached hydrogens (tertiary/aromatic N) is 1. The van der Waals surface area contributed by atoms with Crippen LogP contribution in [0.15, 0.2) is 36.4 Å². The molecule has 1 amide bonds. The Morgan fingerprint density at radius 2 is 2.00 bits per heavy atom. The highest BCUT2D eigenvalue weighted by atomic mass is 16.6. The number of ether oxygens (including phenoxy) is 2. The van der Waals surface area contributed by atoms with Gasteiger partial charge in [0.1, 0.15) is 12.4 Å². The molecule has 0 fully saturated rings. The van der Waals surface area contributed by atoms with Gasteiger partial charge in [-0.2, -0.15) is 0 Å². The van der Waals surface area contributed by atoms with Crippen LogP contribution in [-0.2, 0) is 30.6 Å². The highest BCUT2D eigenvalue weighted by Crippen LogP contribution is 2.41. The predicted molar refractivity (Wildman–Crippen MR) is 95.7 cm³/mol. The molecule has 0 radical (unpaired) electrons. The molecule has 0 aromatic heterocycles. The van der Waals surface area contributed by atoms with Crippen LogP contribution in [-0.4, -0.2) is 24.3 Å². The van der Waals surface area contributed by atoms with Crippen molar-refractivity contribution in [2.24, 2.45) is 0 Å². The number of likely N-dealkylation sites (N-methyl/N-ethyl adjacent to an activating group) is 1. The van der Waals surface area contributed by atoms with E-state index in [-0.39, 0.29) is 18.9 Å². The van der Waals surface area contributed by atoms with Crippen LogP contribution >= 0.6 is 0 Å². The molecule has 4 nitrogen and oxygen atoms in total. The second kappa shape index (κ2) is 6.43. The van der Waals surface area contributed by atoms with Crippen LogP contribution in [0.5, 0.6) is 5.75 Å². The van der Waals surface area contributed by atoms with E-state index in [2.05, 4.69) is 13.0 Å². The number of fused-ring (bicyclic) bond motifs is 3. The molecule has 1 aliphatic carbocycles. The third-order valence-electron chi connectivity index (χ3n) is 5.22. The fraction of sp³-hybridized carbons (Fsp3) is 0.381. The summed E-state index contributed by atoms with van der Waals surface area (Å²) in [7, 11) is 1.75. The smallest absolute Gasteiger partial charge is 0.412 e. The maximum atomic E-state index is 12.4. The predicted octanol–water partition coefficient (Wildman–Crippen LogP) is 4.01. The zero-order valence-corrected chi connectivity index (χ0v) is 14.7. The largest absolute Gasteiger partial charge is 0.469 e. The number of carbonyl (C=O) groups is 1. The van der Waals surface area contributed by atoms with E-state index in [1.165, 1.54) is 28.7 Å². The molecule has 0 saturated carbocycles. The van der Waals surface area contributed by atoms with E-state index in [9.17, 15) is 4.79 Å². The van der Waals surface area contributed by atoms with Crippen molar-refractivity contribution in [1.29, 1.82) is 0 Å². The van der Waals surface area contributed by atoms with Gasteiger partial charge >= 0.3 is 6.09 Å². The van der Waals surface area contributed by atoms with Crippen molar-refractivity contribution >= 4 is 6.09 Å². The van der Waals surface area contributed by atoms with Gasteiger partial charge in [-0.3, -0.25) is 4.90 Å². The molecule has 2 aromatic carbocycles. The Balaban J connectivity index is 1.43. The van der Waals surface area contributed by atoms with Gasteiger partial charge in [0.2, 0.25) is 0 Å². The average Bonchev–Trinajstić information content (AvgIpc) is 3.26. The van der Waals surface area contributed by atoms with Crippen LogP contribution in [0.3, 0.4) is 0 Å². The average molecular weight is 337 g/mol. The van der Waals surface area contributed by atoms with E-state index >= 15 is 0 Å². The van der Waals surface area contributed by atoms with Gasteiger partial charge in [-0.25, -0.2) is 4.79 Å². The molecule has 25 heavy (non-hydrogen) atoms. The zero-order valence-electron chi connectivity index (χ0n) is 14.7. The summed E-state index contributed by atoms with van der Waals surface area (Å²) in [5.41, 5.74) is 6.33. The number of aryl methyl sites for hydroxylation is 1. The van der Waals surface area contributed by atoms with E-state index < -0.39 is 0 Å².